The molecular formula is C49H75N7O11. The molecule has 67 heavy (non-hydrogen) atoms. The van der Waals surface area contributed by atoms with Crippen LogP contribution in [0.4, 0.5) is 0 Å². The first-order chi connectivity index (χ1) is 31.9. The second-order valence-electron chi connectivity index (χ2n) is 17.8. The highest BCUT2D eigenvalue weighted by Crippen LogP contribution is 2.38. The Balaban J connectivity index is 1.64. The van der Waals surface area contributed by atoms with Gasteiger partial charge in [-0.2, -0.15) is 0 Å². The molecule has 0 fully saturated rings. The smallest absolute Gasteiger partial charge is 0.248 e. The van der Waals surface area contributed by atoms with Crippen LogP contribution < -0.4 is 26.6 Å². The van der Waals surface area contributed by atoms with Gasteiger partial charge in [-0.25, -0.2) is 0 Å². The number of hydrogen-bond acceptors (Lipinski definition) is 11. The third-order valence-electron chi connectivity index (χ3n) is 12.1. The van der Waals surface area contributed by atoms with E-state index in [0.717, 1.165) is 24.2 Å². The molecule has 372 valence electrons. The molecule has 2 aromatic rings. The molecule has 9 N–H and O–H groups in total. The molecule has 4 bridgehead atoms. The number of likely N-dealkylation sites (N-methyl/N-ethyl adjacent to an activating group) is 2. The first-order valence-corrected chi connectivity index (χ1v) is 23.8. The quantitative estimate of drug-likeness (QED) is 0.0653. The fourth-order valence-electron chi connectivity index (χ4n) is 7.87. The number of aliphatic hydroxyl groups is 2. The molecule has 6 atom stereocenters. The molecular weight excluding hydrogens is 863 g/mol. The molecule has 0 unspecified atom stereocenters. The number of phenols is 2. The first kappa shape index (κ1) is 55.6. The van der Waals surface area contributed by atoms with Crippen LogP contribution in [0.3, 0.4) is 0 Å². The molecule has 0 aromatic heterocycles. The van der Waals surface area contributed by atoms with Crippen molar-refractivity contribution in [3.05, 3.63) is 47.5 Å². The largest absolute Gasteiger partial charge is 0.507 e. The Bertz CT molecular complexity index is 1980. The fourth-order valence-corrected chi connectivity index (χ4v) is 7.87. The number of phenolic OH excluding ortho intramolecular Hbond substituents is 2. The summed E-state index contributed by atoms with van der Waals surface area (Å²) in [4.78, 5) is 96.0. The number of unbranched alkanes of at least 4 members (excludes halogenated alkanes) is 12. The van der Waals surface area contributed by atoms with Gasteiger partial charge in [-0.05, 0) is 62.6 Å². The normalized spacial score (nSPS) is 17.4. The van der Waals surface area contributed by atoms with Gasteiger partial charge in [0.1, 0.15) is 41.7 Å². The first-order valence-electron chi connectivity index (χ1n) is 23.8. The molecule has 7 amide bonds. The summed E-state index contributed by atoms with van der Waals surface area (Å²) in [5, 5.41) is 54.4. The zero-order valence-electron chi connectivity index (χ0n) is 40.2. The number of nitrogens with zero attached hydrogens (tertiary/aromatic N) is 2. The van der Waals surface area contributed by atoms with Crippen LogP contribution in [-0.2, 0) is 40.0 Å². The lowest BCUT2D eigenvalue weighted by Gasteiger charge is -2.30. The van der Waals surface area contributed by atoms with Crippen LogP contribution in [0.25, 0.3) is 11.1 Å². The molecule has 0 spiro atoms. The van der Waals surface area contributed by atoms with Crippen molar-refractivity contribution in [2.45, 2.75) is 160 Å². The van der Waals surface area contributed by atoms with E-state index in [1.807, 2.05) is 0 Å². The minimum absolute atomic E-state index is 0.0576. The standard InChI is InChI=1S/C49H75N7O11/c1-7-8-9-10-11-12-13-14-15-16-17-18-19-20-42(61)55(5)39(30-57)48(66)52-32(3)45(63)51-29-43(62)56(6)44-35-22-24-41(60)37(27-35)36-25-34(21-23-40(36)59)26-38(47(65)50-28-31(2)58)54-46(64)33(4)53-49(44)67/h21-25,27,31-33,38-39,44,57-60H,7-20,26,28-30H2,1-6H3,(H,50,65)(H,51,63)(H,52,66)(H,53,67)(H,54,64)/t31-,32+,33-,38-,39+,44-/m0/s1. The lowest BCUT2D eigenvalue weighted by Crippen LogP contribution is -2.56. The van der Waals surface area contributed by atoms with Crippen LogP contribution >= 0.6 is 0 Å². The third kappa shape index (κ3) is 17.8. The topological polar surface area (TPSA) is 267 Å². The number of aromatic hydroxyl groups is 2. The molecule has 18 heteroatoms. The molecule has 3 rings (SSSR count). The van der Waals surface area contributed by atoms with Gasteiger partial charge in [-0.15, -0.1) is 0 Å². The Morgan fingerprint density at radius 2 is 1.31 bits per heavy atom. The van der Waals surface area contributed by atoms with Gasteiger partial charge in [-0.1, -0.05) is 96.1 Å². The molecule has 0 radical (unpaired) electrons. The monoisotopic (exact) mass is 938 g/mol. The molecule has 1 heterocycles. The number of hydrogen-bond donors (Lipinski definition) is 9. The fraction of sp³-hybridized carbons (Fsp3) is 0.612. The highest BCUT2D eigenvalue weighted by molar-refractivity contribution is 5.97. The van der Waals surface area contributed by atoms with Gasteiger partial charge in [-0.3, -0.25) is 33.6 Å². The number of carbonyl (C=O) groups excluding carboxylic acids is 7. The Hall–Kier alpha value is -5.75. The zero-order valence-corrected chi connectivity index (χ0v) is 40.2. The van der Waals surface area contributed by atoms with Gasteiger partial charge in [0.15, 0.2) is 0 Å². The van der Waals surface area contributed by atoms with Crippen molar-refractivity contribution in [3.8, 4) is 22.6 Å². The molecule has 0 aliphatic carbocycles. The number of aliphatic hydroxyl groups excluding tert-OH is 2. The summed E-state index contributed by atoms with van der Waals surface area (Å²) in [6, 6.07) is 2.14. The van der Waals surface area contributed by atoms with Crippen LogP contribution in [0, 0.1) is 0 Å². The Labute approximate surface area is 395 Å². The molecule has 2 aromatic carbocycles. The van der Waals surface area contributed by atoms with Crippen molar-refractivity contribution >= 4 is 41.4 Å². The van der Waals surface area contributed by atoms with Crippen molar-refractivity contribution < 1.29 is 54.0 Å². The minimum Gasteiger partial charge on any atom is -0.507 e. The maximum atomic E-state index is 14.1. The highest BCUT2D eigenvalue weighted by Gasteiger charge is 2.34. The van der Waals surface area contributed by atoms with Gasteiger partial charge >= 0.3 is 0 Å². The zero-order chi connectivity index (χ0) is 49.6. The lowest BCUT2D eigenvalue weighted by molar-refractivity contribution is -0.142. The summed E-state index contributed by atoms with van der Waals surface area (Å²) in [5.41, 5.74) is 0.870. The second-order valence-corrected chi connectivity index (χ2v) is 17.8. The average molecular weight is 938 g/mol. The maximum absolute atomic E-state index is 14.1. The predicted molar refractivity (Wildman–Crippen MR) is 253 cm³/mol. The highest BCUT2D eigenvalue weighted by atomic mass is 16.3. The van der Waals surface area contributed by atoms with Gasteiger partial charge in [0.25, 0.3) is 0 Å². The molecule has 1 aliphatic heterocycles. The minimum atomic E-state index is -1.47. The van der Waals surface area contributed by atoms with Crippen LogP contribution in [0.5, 0.6) is 11.5 Å². The molecule has 0 saturated carbocycles. The van der Waals surface area contributed by atoms with Crippen molar-refractivity contribution in [2.24, 2.45) is 0 Å². The summed E-state index contributed by atoms with van der Waals surface area (Å²) >= 11 is 0. The van der Waals surface area contributed by atoms with Crippen LogP contribution in [-0.4, -0.2) is 136 Å². The number of nitrogens with one attached hydrogen (secondary N) is 5. The van der Waals surface area contributed by atoms with Gasteiger partial charge in [0, 0.05) is 44.6 Å². The SMILES string of the molecule is CCCCCCCCCCCCCCCC(=O)N(C)[C@H](CO)C(=O)N[C@H](C)C(=O)NCC(=O)N(C)[C@@H]1C(=O)N[C@@H](C)C(=O)N[C@H](C(=O)NC[C@H](C)O)Cc2ccc(O)c(c2)-c2cc1ccc2O. The predicted octanol–water partition coefficient (Wildman–Crippen LogP) is 3.23. The Morgan fingerprint density at radius 1 is 0.746 bits per heavy atom. The third-order valence-corrected chi connectivity index (χ3v) is 12.1. The summed E-state index contributed by atoms with van der Waals surface area (Å²) < 4.78 is 0. The van der Waals surface area contributed by atoms with Crippen LogP contribution in [0.2, 0.25) is 0 Å². The number of amides is 7. The van der Waals surface area contributed by atoms with Gasteiger partial charge in [0.2, 0.25) is 41.4 Å². The Morgan fingerprint density at radius 3 is 1.90 bits per heavy atom. The van der Waals surface area contributed by atoms with Crippen LogP contribution in [0.15, 0.2) is 36.4 Å². The summed E-state index contributed by atoms with van der Waals surface area (Å²) in [6.07, 6.45) is 14.4. The number of benzene rings is 2. The van der Waals surface area contributed by atoms with Crippen molar-refractivity contribution in [1.82, 2.24) is 36.4 Å². The van der Waals surface area contributed by atoms with E-state index in [1.54, 1.807) is 6.07 Å². The van der Waals surface area contributed by atoms with E-state index in [1.165, 1.54) is 128 Å². The van der Waals surface area contributed by atoms with E-state index in [2.05, 4.69) is 33.5 Å². The van der Waals surface area contributed by atoms with Gasteiger partial charge < -0.3 is 56.8 Å². The average Bonchev–Trinajstić information content (AvgIpc) is 3.29. The van der Waals surface area contributed by atoms with Gasteiger partial charge in [0.05, 0.1) is 19.3 Å². The summed E-state index contributed by atoms with van der Waals surface area (Å²) in [7, 11) is 2.72. The van der Waals surface area contributed by atoms with E-state index in [4.69, 9.17) is 0 Å². The summed E-state index contributed by atoms with van der Waals surface area (Å²) in [6.45, 7) is 5.02. The second kappa shape index (κ2) is 28.4. The van der Waals surface area contributed by atoms with Crippen molar-refractivity contribution in [2.75, 3.05) is 33.8 Å². The van der Waals surface area contributed by atoms with E-state index in [-0.39, 0.29) is 53.5 Å². The van der Waals surface area contributed by atoms with Crippen LogP contribution in [0.1, 0.15) is 135 Å². The lowest BCUT2D eigenvalue weighted by atomic mass is 9.93. The summed E-state index contributed by atoms with van der Waals surface area (Å²) in [5.74, 6) is -5.35. The Kier molecular flexibility index (Phi) is 23.6. The van der Waals surface area contributed by atoms with Crippen molar-refractivity contribution in [3.63, 3.8) is 0 Å². The van der Waals surface area contributed by atoms with E-state index in [0.29, 0.717) is 12.0 Å². The molecule has 1 aliphatic rings. The number of carbonyl (C=O) groups is 7. The van der Waals surface area contributed by atoms with E-state index < -0.39 is 84.9 Å². The molecule has 18 nitrogen and oxygen atoms in total. The maximum Gasteiger partial charge on any atom is 0.248 e. The molecule has 0 saturated heterocycles. The van der Waals surface area contributed by atoms with E-state index in [9.17, 15) is 54.0 Å². The van der Waals surface area contributed by atoms with Crippen molar-refractivity contribution in [1.29, 1.82) is 0 Å². The number of rotatable bonds is 25. The van der Waals surface area contributed by atoms with E-state index >= 15 is 0 Å². The number of fused-ring (bicyclic) bond motifs is 5.